The molecule has 10 heteroatoms. The lowest BCUT2D eigenvalue weighted by Crippen LogP contribution is -2.47. The van der Waals surface area contributed by atoms with Gasteiger partial charge in [-0.1, -0.05) is 260 Å². The molecule has 0 rings (SSSR count). The summed E-state index contributed by atoms with van der Waals surface area (Å²) in [5.41, 5.74) is 0. The number of esters is 1. The molecule has 0 radical (unpaired) electrons. The van der Waals surface area contributed by atoms with E-state index in [1.54, 1.807) is 0 Å². The summed E-state index contributed by atoms with van der Waals surface area (Å²) in [7, 11) is 1.17. The number of nitrogens with one attached hydrogen (secondary N) is 1. The van der Waals surface area contributed by atoms with Crippen LogP contribution in [0.1, 0.15) is 278 Å². The van der Waals surface area contributed by atoms with Gasteiger partial charge in [0.15, 0.2) is 0 Å². The van der Waals surface area contributed by atoms with Gasteiger partial charge in [-0.05, 0) is 89.5 Å². The number of carbonyl (C=O) groups is 2. The van der Waals surface area contributed by atoms with Gasteiger partial charge in [-0.15, -0.1) is 0 Å². The fourth-order valence-corrected chi connectivity index (χ4v) is 9.66. The zero-order valence-electron chi connectivity index (χ0n) is 50.9. The quantitative estimate of drug-likeness (QED) is 0.0161. The second kappa shape index (κ2) is 56.5. The van der Waals surface area contributed by atoms with Gasteiger partial charge in [0.1, 0.15) is 19.3 Å². The van der Waals surface area contributed by atoms with E-state index in [-0.39, 0.29) is 24.9 Å². The number of nitrogens with zero attached hydrogens (tertiary/aromatic N) is 1. The van der Waals surface area contributed by atoms with E-state index in [0.717, 1.165) is 96.3 Å². The predicted molar refractivity (Wildman–Crippen MR) is 330 cm³/mol. The highest BCUT2D eigenvalue weighted by Crippen LogP contribution is 2.38. The van der Waals surface area contributed by atoms with Crippen LogP contribution in [0.2, 0.25) is 0 Å². The van der Waals surface area contributed by atoms with Crippen molar-refractivity contribution >= 4 is 19.7 Å². The van der Waals surface area contributed by atoms with E-state index in [1.165, 1.54) is 141 Å². The normalized spacial score (nSPS) is 14.2. The minimum absolute atomic E-state index is 0.0283. The third-order valence-corrected chi connectivity index (χ3v) is 14.8. The van der Waals surface area contributed by atoms with Gasteiger partial charge in [0.25, 0.3) is 7.82 Å². The summed E-state index contributed by atoms with van der Waals surface area (Å²) in [6.07, 6.45) is 74.0. The van der Waals surface area contributed by atoms with Crippen molar-refractivity contribution in [1.29, 1.82) is 0 Å². The first-order valence-corrected chi connectivity index (χ1v) is 33.4. The number of phosphoric acid groups is 1. The smallest absolute Gasteiger partial charge is 0.306 e. The Morgan fingerprint density at radius 2 is 0.883 bits per heavy atom. The number of allylic oxidation sites excluding steroid dienone is 13. The third kappa shape index (κ3) is 57.7. The summed E-state index contributed by atoms with van der Waals surface area (Å²) in [4.78, 5) is 40.0. The number of unbranched alkanes of at least 4 members (excludes halogenated alkanes) is 31. The largest absolute Gasteiger partial charge is 0.756 e. The molecule has 3 unspecified atom stereocenters. The Balaban J connectivity index is 5.22. The molecule has 0 aliphatic carbocycles. The molecule has 3 atom stereocenters. The highest BCUT2D eigenvalue weighted by atomic mass is 31.2. The van der Waals surface area contributed by atoms with Crippen LogP contribution in [-0.4, -0.2) is 69.4 Å². The van der Waals surface area contributed by atoms with Crippen LogP contribution < -0.4 is 10.2 Å². The van der Waals surface area contributed by atoms with E-state index in [4.69, 9.17) is 13.8 Å². The summed E-state index contributed by atoms with van der Waals surface area (Å²) in [6.45, 7) is 6.69. The second-order valence-electron chi connectivity index (χ2n) is 22.6. The van der Waals surface area contributed by atoms with Gasteiger partial charge >= 0.3 is 5.97 Å². The molecular weight excluding hydrogens is 976 g/mol. The Kier molecular flexibility index (Phi) is 54.4. The van der Waals surface area contributed by atoms with Gasteiger partial charge in [-0.3, -0.25) is 14.2 Å². The minimum Gasteiger partial charge on any atom is -0.756 e. The van der Waals surface area contributed by atoms with E-state index in [9.17, 15) is 19.0 Å². The van der Waals surface area contributed by atoms with Crippen LogP contribution >= 0.6 is 7.82 Å². The molecule has 446 valence electrons. The molecule has 0 saturated heterocycles. The molecule has 1 N–H and O–H groups in total. The summed E-state index contributed by atoms with van der Waals surface area (Å²) >= 11 is 0. The monoisotopic (exact) mass is 1100 g/mol. The van der Waals surface area contributed by atoms with Crippen molar-refractivity contribution in [2.45, 2.75) is 290 Å². The highest BCUT2D eigenvalue weighted by molar-refractivity contribution is 7.45. The standard InChI is InChI=1S/C67H121N2O7P/c1-7-10-13-16-19-22-25-28-30-31-32-33-34-35-36-37-39-41-44-47-50-53-56-59-66(70)68-64(63-75-77(72,73)74-62-61-69(4,5)6)65(58-55-52-49-46-43-40-27-24-21-18-15-12-9-3)76-67(71)60-57-54-51-48-45-42-38-29-26-23-20-17-14-11-8-2/h11,14,17,19-20,22-23,26,28,30,32-33,55,58,64-65H,7-10,12-13,15-16,18,21,24-25,27,29,31,34-54,56-57,59-63H2,1-6H3,(H-,68,70,72,73)/b14-11+,20-17+,22-19-,26-23+,30-28-,33-32-,58-55-. The van der Waals surface area contributed by atoms with E-state index in [2.05, 4.69) is 99.0 Å². The van der Waals surface area contributed by atoms with Crippen molar-refractivity contribution in [3.63, 3.8) is 0 Å². The van der Waals surface area contributed by atoms with Crippen molar-refractivity contribution < 1.29 is 37.3 Å². The Morgan fingerprint density at radius 1 is 0.481 bits per heavy atom. The molecule has 9 nitrogen and oxygen atoms in total. The molecule has 0 spiro atoms. The number of rotatable bonds is 57. The van der Waals surface area contributed by atoms with Crippen LogP contribution in [0.15, 0.2) is 85.1 Å². The van der Waals surface area contributed by atoms with Crippen molar-refractivity contribution in [3.8, 4) is 0 Å². The Labute approximate surface area is 476 Å². The molecule has 0 aromatic rings. The fraction of sp³-hybridized carbons (Fsp3) is 0.761. The van der Waals surface area contributed by atoms with Gasteiger partial charge in [0, 0.05) is 12.8 Å². The summed E-state index contributed by atoms with van der Waals surface area (Å²) in [5.74, 6) is -0.558. The maximum absolute atomic E-state index is 13.6. The average Bonchev–Trinajstić information content (AvgIpc) is 3.39. The topological polar surface area (TPSA) is 114 Å². The SMILES string of the molecule is CC/C=C/C=C/C=C/CCCCCCCCCC(=O)OC(/C=C\CCCCCCCCCCCCC)C(COP(=O)([O-])OCC[N+](C)(C)C)NC(=O)CCCCCCCCCCCC/C=C\C/C=C\C/C=C\CCCCC. The number of phosphoric ester groups is 1. The number of amides is 1. The predicted octanol–water partition coefficient (Wildman–Crippen LogP) is 19.1. The van der Waals surface area contributed by atoms with Crippen molar-refractivity contribution in [2.75, 3.05) is 40.9 Å². The van der Waals surface area contributed by atoms with Crippen molar-refractivity contribution in [2.24, 2.45) is 0 Å². The molecule has 0 bridgehead atoms. The molecule has 0 aromatic carbocycles. The van der Waals surface area contributed by atoms with Gasteiger partial charge in [-0.25, -0.2) is 0 Å². The minimum atomic E-state index is -4.71. The lowest BCUT2D eigenvalue weighted by atomic mass is 10.0. The molecule has 1 amide bonds. The van der Waals surface area contributed by atoms with E-state index in [1.807, 2.05) is 33.3 Å². The van der Waals surface area contributed by atoms with Crippen molar-refractivity contribution in [1.82, 2.24) is 5.32 Å². The van der Waals surface area contributed by atoms with Gasteiger partial charge in [0.2, 0.25) is 5.91 Å². The maximum atomic E-state index is 13.6. The van der Waals surface area contributed by atoms with Crippen LogP contribution in [0.5, 0.6) is 0 Å². The Morgan fingerprint density at radius 3 is 1.38 bits per heavy atom. The molecule has 0 heterocycles. The highest BCUT2D eigenvalue weighted by Gasteiger charge is 2.27. The zero-order valence-corrected chi connectivity index (χ0v) is 51.8. The molecule has 0 saturated carbocycles. The molecule has 0 fully saturated rings. The fourth-order valence-electron chi connectivity index (χ4n) is 8.94. The van der Waals surface area contributed by atoms with E-state index >= 15 is 0 Å². The molecule has 0 aliphatic heterocycles. The molecule has 0 aliphatic rings. The summed E-state index contributed by atoms with van der Waals surface area (Å²) < 4.78 is 30.3. The van der Waals surface area contributed by atoms with Gasteiger partial charge in [0.05, 0.1) is 33.8 Å². The maximum Gasteiger partial charge on any atom is 0.306 e. The molecular formula is C67H121N2O7P. The summed E-state index contributed by atoms with van der Waals surface area (Å²) in [6, 6.07) is -0.899. The molecule has 0 aromatic heterocycles. The molecule has 77 heavy (non-hydrogen) atoms. The Hall–Kier alpha value is -2.81. The van der Waals surface area contributed by atoms with Crippen LogP contribution in [-0.2, 0) is 27.9 Å². The number of likely N-dealkylation sites (N-methyl/N-ethyl adjacent to an activating group) is 1. The number of hydrogen-bond donors (Lipinski definition) is 1. The van der Waals surface area contributed by atoms with Crippen LogP contribution in [0.3, 0.4) is 0 Å². The van der Waals surface area contributed by atoms with Crippen molar-refractivity contribution in [3.05, 3.63) is 85.1 Å². The van der Waals surface area contributed by atoms with Gasteiger partial charge in [-0.2, -0.15) is 0 Å². The number of ether oxygens (including phenoxy) is 1. The second-order valence-corrected chi connectivity index (χ2v) is 24.0. The van der Waals surface area contributed by atoms with Crippen LogP contribution in [0.4, 0.5) is 0 Å². The zero-order chi connectivity index (χ0) is 56.4. The number of hydrogen-bond acceptors (Lipinski definition) is 7. The first-order chi connectivity index (χ1) is 37.4. The lowest BCUT2D eigenvalue weighted by Gasteiger charge is -2.30. The average molecular weight is 1100 g/mol. The van der Waals surface area contributed by atoms with E-state index in [0.29, 0.717) is 23.9 Å². The van der Waals surface area contributed by atoms with Gasteiger partial charge < -0.3 is 28.5 Å². The number of quaternary nitrogens is 1. The van der Waals surface area contributed by atoms with Crippen LogP contribution in [0, 0.1) is 0 Å². The number of carbonyl (C=O) groups excluding carboxylic acids is 2. The Bertz CT molecular complexity index is 1590. The lowest BCUT2D eigenvalue weighted by molar-refractivity contribution is -0.870. The third-order valence-electron chi connectivity index (χ3n) is 13.9. The first-order valence-electron chi connectivity index (χ1n) is 31.9. The first kappa shape index (κ1) is 74.2. The van der Waals surface area contributed by atoms with E-state index < -0.39 is 26.6 Å². The summed E-state index contributed by atoms with van der Waals surface area (Å²) in [5, 5.41) is 3.03. The van der Waals surface area contributed by atoms with Crippen LogP contribution in [0.25, 0.3) is 0 Å².